The van der Waals surface area contributed by atoms with Crippen molar-refractivity contribution < 1.29 is 19.1 Å². The molecule has 1 aromatic rings. The van der Waals surface area contributed by atoms with Gasteiger partial charge in [0.05, 0.1) is 12.0 Å². The molecule has 0 aliphatic heterocycles. The summed E-state index contributed by atoms with van der Waals surface area (Å²) in [4.78, 5) is 24.4. The van der Waals surface area contributed by atoms with E-state index in [0.717, 1.165) is 37.7 Å². The fourth-order valence-corrected chi connectivity index (χ4v) is 4.63. The molecule has 0 saturated heterocycles. The van der Waals surface area contributed by atoms with Gasteiger partial charge in [-0.15, -0.1) is 0 Å². The zero-order valence-electron chi connectivity index (χ0n) is 20.1. The molecule has 0 aromatic heterocycles. The molecular formula is C28H40O4. The fourth-order valence-electron chi connectivity index (χ4n) is 4.63. The second kappa shape index (κ2) is 11.7. The van der Waals surface area contributed by atoms with Crippen LogP contribution >= 0.6 is 0 Å². The molecule has 0 bridgehead atoms. The minimum Gasteiger partial charge on any atom is -0.465 e. The molecule has 0 atom stereocenters. The largest absolute Gasteiger partial charge is 0.465 e. The van der Waals surface area contributed by atoms with Gasteiger partial charge in [-0.3, -0.25) is 4.79 Å². The van der Waals surface area contributed by atoms with Crippen molar-refractivity contribution in [1.82, 2.24) is 0 Å². The standard InChI is InChI=1S/C28H40O4/c1-4-28(2,3)27(30)31-20-22-12-17-25(18-13-22)32-26(29)19-14-21-10-15-24(16-11-21)23-8-6-5-7-9-23/h10-11,14-16,19,22-23,25H,4-9,12-13,17-18,20H2,1-3H3/b19-14+. The lowest BCUT2D eigenvalue weighted by Gasteiger charge is -2.29. The molecule has 3 rings (SSSR count). The van der Waals surface area contributed by atoms with E-state index < -0.39 is 5.41 Å². The van der Waals surface area contributed by atoms with Gasteiger partial charge >= 0.3 is 11.9 Å². The highest BCUT2D eigenvalue weighted by molar-refractivity contribution is 5.87. The Morgan fingerprint density at radius 2 is 1.62 bits per heavy atom. The molecule has 2 aliphatic rings. The van der Waals surface area contributed by atoms with E-state index in [1.807, 2.05) is 26.8 Å². The maximum absolute atomic E-state index is 12.3. The average Bonchev–Trinajstić information content (AvgIpc) is 2.83. The van der Waals surface area contributed by atoms with Gasteiger partial charge in [-0.1, -0.05) is 50.5 Å². The molecule has 0 amide bonds. The normalized spacial score (nSPS) is 22.6. The van der Waals surface area contributed by atoms with Gasteiger partial charge in [0, 0.05) is 6.08 Å². The second-order valence-electron chi connectivity index (χ2n) is 10.3. The van der Waals surface area contributed by atoms with Crippen LogP contribution in [0.15, 0.2) is 30.3 Å². The third-order valence-corrected chi connectivity index (χ3v) is 7.39. The molecule has 4 heteroatoms. The van der Waals surface area contributed by atoms with Crippen molar-refractivity contribution in [3.8, 4) is 0 Å². The quantitative estimate of drug-likeness (QED) is 0.328. The summed E-state index contributed by atoms with van der Waals surface area (Å²) in [5.74, 6) is 0.662. The van der Waals surface area contributed by atoms with Crippen LogP contribution in [0.4, 0.5) is 0 Å². The first-order valence-corrected chi connectivity index (χ1v) is 12.5. The Labute approximate surface area is 193 Å². The van der Waals surface area contributed by atoms with Gasteiger partial charge in [-0.25, -0.2) is 4.79 Å². The number of benzene rings is 1. The van der Waals surface area contributed by atoms with Crippen LogP contribution < -0.4 is 0 Å². The van der Waals surface area contributed by atoms with Crippen LogP contribution in [0.5, 0.6) is 0 Å². The maximum Gasteiger partial charge on any atom is 0.331 e. The van der Waals surface area contributed by atoms with Crippen LogP contribution in [0.1, 0.15) is 102 Å². The predicted octanol–water partition coefficient (Wildman–Crippen LogP) is 6.83. The van der Waals surface area contributed by atoms with E-state index in [9.17, 15) is 9.59 Å². The van der Waals surface area contributed by atoms with E-state index in [2.05, 4.69) is 24.3 Å². The van der Waals surface area contributed by atoms with E-state index in [1.165, 1.54) is 43.7 Å². The lowest BCUT2D eigenvalue weighted by molar-refractivity contribution is -0.156. The van der Waals surface area contributed by atoms with Crippen LogP contribution in [0, 0.1) is 11.3 Å². The van der Waals surface area contributed by atoms with E-state index in [4.69, 9.17) is 9.47 Å². The van der Waals surface area contributed by atoms with Crippen molar-refractivity contribution in [2.45, 2.75) is 97.0 Å². The Hall–Kier alpha value is -2.10. The van der Waals surface area contributed by atoms with Gasteiger partial charge in [-0.2, -0.15) is 0 Å². The summed E-state index contributed by atoms with van der Waals surface area (Å²) < 4.78 is 11.2. The van der Waals surface area contributed by atoms with Crippen molar-refractivity contribution >= 4 is 18.0 Å². The van der Waals surface area contributed by atoms with Crippen LogP contribution in [0.25, 0.3) is 6.08 Å². The molecule has 176 valence electrons. The molecule has 2 saturated carbocycles. The molecule has 2 aliphatic carbocycles. The van der Waals surface area contributed by atoms with Gasteiger partial charge < -0.3 is 9.47 Å². The Kier molecular flexibility index (Phi) is 8.95. The summed E-state index contributed by atoms with van der Waals surface area (Å²) in [6.07, 6.45) is 14.2. The molecule has 0 N–H and O–H groups in total. The molecule has 1 aromatic carbocycles. The first-order valence-electron chi connectivity index (χ1n) is 12.5. The van der Waals surface area contributed by atoms with Crippen molar-refractivity contribution in [1.29, 1.82) is 0 Å². The lowest BCUT2D eigenvalue weighted by atomic mass is 9.84. The number of ether oxygens (including phenoxy) is 2. The summed E-state index contributed by atoms with van der Waals surface area (Å²) in [6.45, 7) is 6.32. The molecule has 0 spiro atoms. The van der Waals surface area contributed by atoms with Crippen LogP contribution in [0.2, 0.25) is 0 Å². The van der Waals surface area contributed by atoms with Crippen molar-refractivity contribution in [2.24, 2.45) is 11.3 Å². The van der Waals surface area contributed by atoms with Gasteiger partial charge in [0.1, 0.15) is 6.10 Å². The highest BCUT2D eigenvalue weighted by Crippen LogP contribution is 2.33. The Bertz CT molecular complexity index is 763. The third kappa shape index (κ3) is 7.21. The third-order valence-electron chi connectivity index (χ3n) is 7.39. The van der Waals surface area contributed by atoms with Gasteiger partial charge in [-0.05, 0) is 87.8 Å². The second-order valence-corrected chi connectivity index (χ2v) is 10.3. The van der Waals surface area contributed by atoms with Crippen molar-refractivity contribution in [2.75, 3.05) is 6.61 Å². The van der Waals surface area contributed by atoms with Gasteiger partial charge in [0.15, 0.2) is 0 Å². The lowest BCUT2D eigenvalue weighted by Crippen LogP contribution is -2.30. The van der Waals surface area contributed by atoms with Gasteiger partial charge in [0.2, 0.25) is 0 Å². The maximum atomic E-state index is 12.3. The van der Waals surface area contributed by atoms with Crippen molar-refractivity contribution in [3.05, 3.63) is 41.5 Å². The number of esters is 2. The SMILES string of the molecule is CCC(C)(C)C(=O)OCC1CCC(OC(=O)/C=C/c2ccc(C3CCCCC3)cc2)CC1. The first-order chi connectivity index (χ1) is 15.4. The Morgan fingerprint density at radius 1 is 0.969 bits per heavy atom. The summed E-state index contributed by atoms with van der Waals surface area (Å²) in [6, 6.07) is 8.60. The molecule has 0 unspecified atom stereocenters. The molecule has 0 heterocycles. The highest BCUT2D eigenvalue weighted by Gasteiger charge is 2.29. The van der Waals surface area contributed by atoms with Crippen LogP contribution in [-0.2, 0) is 19.1 Å². The predicted molar refractivity (Wildman–Crippen MR) is 128 cm³/mol. The molecular weight excluding hydrogens is 400 g/mol. The number of hydrogen-bond donors (Lipinski definition) is 0. The molecule has 2 fully saturated rings. The fraction of sp³-hybridized carbons (Fsp3) is 0.643. The van der Waals surface area contributed by atoms with Crippen LogP contribution in [-0.4, -0.2) is 24.6 Å². The molecule has 0 radical (unpaired) electrons. The molecule has 32 heavy (non-hydrogen) atoms. The summed E-state index contributed by atoms with van der Waals surface area (Å²) in [5.41, 5.74) is 2.03. The zero-order valence-corrected chi connectivity index (χ0v) is 20.1. The first kappa shape index (κ1) is 24.5. The monoisotopic (exact) mass is 440 g/mol. The van der Waals surface area contributed by atoms with E-state index >= 15 is 0 Å². The van der Waals surface area contributed by atoms with E-state index in [0.29, 0.717) is 18.4 Å². The Morgan fingerprint density at radius 3 is 2.25 bits per heavy atom. The number of rotatable bonds is 8. The highest BCUT2D eigenvalue weighted by atomic mass is 16.5. The van der Waals surface area contributed by atoms with Gasteiger partial charge in [0.25, 0.3) is 0 Å². The van der Waals surface area contributed by atoms with E-state index in [1.54, 1.807) is 0 Å². The zero-order chi connectivity index (χ0) is 23.0. The number of carbonyl (C=O) groups excluding carboxylic acids is 2. The topological polar surface area (TPSA) is 52.6 Å². The Balaban J connectivity index is 1.37. The summed E-state index contributed by atoms with van der Waals surface area (Å²) in [7, 11) is 0. The number of hydrogen-bond acceptors (Lipinski definition) is 4. The average molecular weight is 441 g/mol. The smallest absolute Gasteiger partial charge is 0.331 e. The summed E-state index contributed by atoms with van der Waals surface area (Å²) >= 11 is 0. The summed E-state index contributed by atoms with van der Waals surface area (Å²) in [5, 5.41) is 0. The number of carbonyl (C=O) groups is 2. The molecule has 4 nitrogen and oxygen atoms in total. The van der Waals surface area contributed by atoms with Crippen molar-refractivity contribution in [3.63, 3.8) is 0 Å². The van der Waals surface area contributed by atoms with E-state index in [-0.39, 0.29) is 18.0 Å². The van der Waals surface area contributed by atoms with Crippen LogP contribution in [0.3, 0.4) is 0 Å². The minimum absolute atomic E-state index is 0.0418. The minimum atomic E-state index is -0.421.